The number of primary amides is 1. The molecule has 0 saturated carbocycles. The Balaban J connectivity index is 2.37. The molecule has 1 aromatic rings. The Morgan fingerprint density at radius 1 is 1.38 bits per heavy atom. The second kappa shape index (κ2) is 6.12. The summed E-state index contributed by atoms with van der Waals surface area (Å²) < 4.78 is 5.98. The minimum absolute atomic E-state index is 0.157. The Hall–Kier alpha value is -1.56. The van der Waals surface area contributed by atoms with Crippen molar-refractivity contribution < 1.29 is 14.3 Å². The third kappa shape index (κ3) is 4.31. The van der Waals surface area contributed by atoms with E-state index < -0.39 is 11.8 Å². The SMILES string of the molecule is NC(=O)CNC(=O)COc1ccccc1Br. The molecule has 0 unspecified atom stereocenters. The van der Waals surface area contributed by atoms with Gasteiger partial charge in [0.1, 0.15) is 5.75 Å². The van der Waals surface area contributed by atoms with E-state index in [2.05, 4.69) is 21.2 Å². The molecule has 0 aliphatic carbocycles. The standard InChI is InChI=1S/C10H11BrN2O3/c11-7-3-1-2-4-8(7)16-6-10(15)13-5-9(12)14/h1-4H,5-6H2,(H2,12,14)(H,13,15). The summed E-state index contributed by atoms with van der Waals surface area (Å²) in [7, 11) is 0. The Morgan fingerprint density at radius 3 is 2.69 bits per heavy atom. The lowest BCUT2D eigenvalue weighted by molar-refractivity contribution is -0.126. The summed E-state index contributed by atoms with van der Waals surface area (Å²) in [5, 5.41) is 2.32. The average Bonchev–Trinajstić information content (AvgIpc) is 2.25. The van der Waals surface area contributed by atoms with E-state index in [1.807, 2.05) is 6.07 Å². The van der Waals surface area contributed by atoms with Gasteiger partial charge in [-0.05, 0) is 28.1 Å². The summed E-state index contributed by atoms with van der Waals surface area (Å²) in [6, 6.07) is 7.16. The van der Waals surface area contributed by atoms with E-state index in [9.17, 15) is 9.59 Å². The van der Waals surface area contributed by atoms with Crippen LogP contribution in [0, 0.1) is 0 Å². The normalized spacial score (nSPS) is 9.56. The second-order valence-corrected chi connectivity index (χ2v) is 3.82. The van der Waals surface area contributed by atoms with Gasteiger partial charge in [0.15, 0.2) is 6.61 Å². The molecule has 0 bridgehead atoms. The first-order chi connectivity index (χ1) is 7.59. The van der Waals surface area contributed by atoms with Crippen molar-refractivity contribution in [1.29, 1.82) is 0 Å². The number of carbonyl (C=O) groups excluding carboxylic acids is 2. The van der Waals surface area contributed by atoms with Crippen LogP contribution < -0.4 is 15.8 Å². The molecule has 0 spiro atoms. The molecule has 6 heteroatoms. The third-order valence-corrected chi connectivity index (χ3v) is 2.31. The highest BCUT2D eigenvalue weighted by atomic mass is 79.9. The van der Waals surface area contributed by atoms with E-state index in [1.54, 1.807) is 18.2 Å². The second-order valence-electron chi connectivity index (χ2n) is 2.96. The number of rotatable bonds is 5. The summed E-state index contributed by atoms with van der Waals surface area (Å²) in [6.45, 7) is -0.339. The summed E-state index contributed by atoms with van der Waals surface area (Å²) in [4.78, 5) is 21.6. The van der Waals surface area contributed by atoms with Gasteiger partial charge < -0.3 is 15.8 Å². The summed E-state index contributed by atoms with van der Waals surface area (Å²) >= 11 is 3.28. The van der Waals surface area contributed by atoms with Crippen molar-refractivity contribution in [3.8, 4) is 5.75 Å². The van der Waals surface area contributed by atoms with Gasteiger partial charge in [-0.2, -0.15) is 0 Å². The van der Waals surface area contributed by atoms with E-state index in [0.717, 1.165) is 4.47 Å². The molecular weight excluding hydrogens is 276 g/mol. The van der Waals surface area contributed by atoms with Crippen molar-refractivity contribution in [2.75, 3.05) is 13.2 Å². The average molecular weight is 287 g/mol. The van der Waals surface area contributed by atoms with Gasteiger partial charge in [0, 0.05) is 0 Å². The van der Waals surface area contributed by atoms with Gasteiger partial charge in [0.25, 0.3) is 5.91 Å². The Kier molecular flexibility index (Phi) is 4.78. The molecular formula is C10H11BrN2O3. The van der Waals surface area contributed by atoms with Gasteiger partial charge >= 0.3 is 0 Å². The maximum absolute atomic E-state index is 11.2. The Morgan fingerprint density at radius 2 is 2.06 bits per heavy atom. The fourth-order valence-corrected chi connectivity index (χ4v) is 1.34. The number of nitrogens with one attached hydrogen (secondary N) is 1. The van der Waals surface area contributed by atoms with E-state index >= 15 is 0 Å². The van der Waals surface area contributed by atoms with Crippen molar-refractivity contribution in [2.45, 2.75) is 0 Å². The predicted octanol–water partition coefficient (Wildman–Crippen LogP) is 0.429. The number of nitrogens with two attached hydrogens (primary N) is 1. The molecule has 0 radical (unpaired) electrons. The number of benzene rings is 1. The first-order valence-electron chi connectivity index (χ1n) is 4.52. The molecule has 0 aliphatic heterocycles. The van der Waals surface area contributed by atoms with Crippen molar-refractivity contribution in [3.05, 3.63) is 28.7 Å². The Bertz CT molecular complexity index is 395. The first kappa shape index (κ1) is 12.5. The van der Waals surface area contributed by atoms with E-state index in [0.29, 0.717) is 5.75 Å². The molecule has 0 aromatic heterocycles. The maximum Gasteiger partial charge on any atom is 0.258 e. The van der Waals surface area contributed by atoms with Gasteiger partial charge in [0.05, 0.1) is 11.0 Å². The van der Waals surface area contributed by atoms with Crippen LogP contribution in [-0.2, 0) is 9.59 Å². The lowest BCUT2D eigenvalue weighted by atomic mass is 10.3. The van der Waals surface area contributed by atoms with Gasteiger partial charge in [0.2, 0.25) is 5.91 Å². The zero-order valence-corrected chi connectivity index (χ0v) is 9.99. The van der Waals surface area contributed by atoms with Gasteiger partial charge in [-0.25, -0.2) is 0 Å². The van der Waals surface area contributed by atoms with Crippen molar-refractivity contribution >= 4 is 27.7 Å². The van der Waals surface area contributed by atoms with Crippen molar-refractivity contribution in [1.82, 2.24) is 5.32 Å². The topological polar surface area (TPSA) is 81.4 Å². The largest absolute Gasteiger partial charge is 0.483 e. The molecule has 1 aromatic carbocycles. The van der Waals surface area contributed by atoms with Crippen molar-refractivity contribution in [2.24, 2.45) is 5.73 Å². The zero-order chi connectivity index (χ0) is 12.0. The number of para-hydroxylation sites is 1. The van der Waals surface area contributed by atoms with Crippen LogP contribution in [0.3, 0.4) is 0 Å². The smallest absolute Gasteiger partial charge is 0.258 e. The number of carbonyl (C=O) groups is 2. The molecule has 0 heterocycles. The van der Waals surface area contributed by atoms with Crippen LogP contribution in [0.4, 0.5) is 0 Å². The zero-order valence-electron chi connectivity index (χ0n) is 8.40. The maximum atomic E-state index is 11.2. The van der Waals surface area contributed by atoms with E-state index in [4.69, 9.17) is 10.5 Å². The quantitative estimate of drug-likeness (QED) is 0.824. The van der Waals surface area contributed by atoms with Gasteiger partial charge in [-0.1, -0.05) is 12.1 Å². The number of amides is 2. The number of hydrogen-bond acceptors (Lipinski definition) is 3. The fourth-order valence-electron chi connectivity index (χ4n) is 0.942. The number of hydrogen-bond donors (Lipinski definition) is 2. The predicted molar refractivity (Wildman–Crippen MR) is 61.8 cm³/mol. The minimum Gasteiger partial charge on any atom is -0.483 e. The van der Waals surface area contributed by atoms with E-state index in [-0.39, 0.29) is 13.2 Å². The molecule has 16 heavy (non-hydrogen) atoms. The minimum atomic E-state index is -0.589. The van der Waals surface area contributed by atoms with Gasteiger partial charge in [-0.15, -0.1) is 0 Å². The van der Waals surface area contributed by atoms with Crippen LogP contribution in [0.2, 0.25) is 0 Å². The number of halogens is 1. The number of ether oxygens (including phenoxy) is 1. The molecule has 5 nitrogen and oxygen atoms in total. The fraction of sp³-hybridized carbons (Fsp3) is 0.200. The highest BCUT2D eigenvalue weighted by Crippen LogP contribution is 2.23. The first-order valence-corrected chi connectivity index (χ1v) is 5.31. The molecule has 3 N–H and O–H groups in total. The highest BCUT2D eigenvalue weighted by Gasteiger charge is 2.05. The molecule has 0 fully saturated rings. The molecule has 0 aliphatic rings. The molecule has 1 rings (SSSR count). The van der Waals surface area contributed by atoms with Gasteiger partial charge in [-0.3, -0.25) is 9.59 Å². The van der Waals surface area contributed by atoms with Crippen LogP contribution in [0.5, 0.6) is 5.75 Å². The van der Waals surface area contributed by atoms with Crippen LogP contribution in [0.25, 0.3) is 0 Å². The van der Waals surface area contributed by atoms with Crippen molar-refractivity contribution in [3.63, 3.8) is 0 Å². The lowest BCUT2D eigenvalue weighted by Crippen LogP contribution is -2.36. The van der Waals surface area contributed by atoms with Crippen LogP contribution >= 0.6 is 15.9 Å². The van der Waals surface area contributed by atoms with Crippen LogP contribution in [0.1, 0.15) is 0 Å². The summed E-state index contributed by atoms with van der Waals surface area (Å²) in [6.07, 6.45) is 0. The summed E-state index contributed by atoms with van der Waals surface area (Å²) in [5.41, 5.74) is 4.87. The highest BCUT2D eigenvalue weighted by molar-refractivity contribution is 9.10. The molecule has 0 saturated heterocycles. The molecule has 0 atom stereocenters. The molecule has 86 valence electrons. The molecule has 2 amide bonds. The monoisotopic (exact) mass is 286 g/mol. The van der Waals surface area contributed by atoms with Crippen LogP contribution in [-0.4, -0.2) is 25.0 Å². The van der Waals surface area contributed by atoms with E-state index in [1.165, 1.54) is 0 Å². The Labute approximate surface area is 101 Å². The van der Waals surface area contributed by atoms with Crippen LogP contribution in [0.15, 0.2) is 28.7 Å². The lowest BCUT2D eigenvalue weighted by Gasteiger charge is -2.07. The third-order valence-electron chi connectivity index (χ3n) is 1.66. The summed E-state index contributed by atoms with van der Waals surface area (Å²) in [5.74, 6) is -0.416.